The predicted molar refractivity (Wildman–Crippen MR) is 100 cm³/mol. The van der Waals surface area contributed by atoms with Gasteiger partial charge >= 0.3 is 5.97 Å². The molecule has 0 amide bonds. The molecule has 3 aromatic rings. The molecule has 0 saturated heterocycles. The number of nitrogens with zero attached hydrogens (tertiary/aromatic N) is 1. The third-order valence-electron chi connectivity index (χ3n) is 3.94. The monoisotopic (exact) mass is 329 g/mol. The van der Waals surface area contributed by atoms with Gasteiger partial charge in [0.1, 0.15) is 0 Å². The van der Waals surface area contributed by atoms with E-state index in [4.69, 9.17) is 0 Å². The number of benzene rings is 3. The van der Waals surface area contributed by atoms with Crippen LogP contribution in [-0.4, -0.2) is 22.8 Å². The highest BCUT2D eigenvalue weighted by atomic mass is 16.4. The first-order valence-electron chi connectivity index (χ1n) is 8.19. The number of hydrogen-bond donors (Lipinski definition) is 1. The van der Waals surface area contributed by atoms with Crippen molar-refractivity contribution < 1.29 is 9.90 Å². The number of hydrogen-bond acceptors (Lipinski definition) is 2. The average Bonchev–Trinajstić information content (AvgIpc) is 2.67. The normalized spacial score (nSPS) is 11.5. The van der Waals surface area contributed by atoms with E-state index < -0.39 is 12.0 Å². The van der Waals surface area contributed by atoms with Crippen LogP contribution >= 0.6 is 0 Å². The number of rotatable bonds is 6. The van der Waals surface area contributed by atoms with Crippen molar-refractivity contribution >= 4 is 11.7 Å². The Labute approximate surface area is 147 Å². The van der Waals surface area contributed by atoms with Crippen molar-refractivity contribution in [2.24, 2.45) is 4.99 Å². The average molecular weight is 329 g/mol. The fraction of sp³-hybridized carbons (Fsp3) is 0.0909. The quantitative estimate of drug-likeness (QED) is 0.688. The predicted octanol–water partition coefficient (Wildman–Crippen LogP) is 4.22. The SMILES string of the molecule is O=C(O)[C@@H](Cc1ccccc1)N=C(c1ccccc1)c1ccccc1. The summed E-state index contributed by atoms with van der Waals surface area (Å²) in [7, 11) is 0. The zero-order valence-electron chi connectivity index (χ0n) is 13.7. The summed E-state index contributed by atoms with van der Waals surface area (Å²) >= 11 is 0. The van der Waals surface area contributed by atoms with Gasteiger partial charge in [-0.3, -0.25) is 4.99 Å². The molecule has 3 nitrogen and oxygen atoms in total. The van der Waals surface area contributed by atoms with E-state index in [1.54, 1.807) is 0 Å². The number of carboxylic acids is 1. The van der Waals surface area contributed by atoms with Gasteiger partial charge < -0.3 is 5.11 Å². The summed E-state index contributed by atoms with van der Waals surface area (Å²) in [4.78, 5) is 16.4. The van der Waals surface area contributed by atoms with Gasteiger partial charge in [-0.1, -0.05) is 91.0 Å². The molecule has 0 aliphatic rings. The van der Waals surface area contributed by atoms with Crippen molar-refractivity contribution in [2.75, 3.05) is 0 Å². The van der Waals surface area contributed by atoms with E-state index in [1.807, 2.05) is 91.0 Å². The van der Waals surface area contributed by atoms with Gasteiger partial charge in [0, 0.05) is 17.5 Å². The Morgan fingerprint density at radius 2 is 1.20 bits per heavy atom. The van der Waals surface area contributed by atoms with Crippen molar-refractivity contribution in [3.05, 3.63) is 108 Å². The second-order valence-electron chi connectivity index (χ2n) is 5.75. The third kappa shape index (κ3) is 4.42. The molecular weight excluding hydrogens is 310 g/mol. The highest BCUT2D eigenvalue weighted by Gasteiger charge is 2.19. The lowest BCUT2D eigenvalue weighted by Gasteiger charge is -2.13. The number of carboxylic acid groups (broad SMARTS) is 1. The van der Waals surface area contributed by atoms with E-state index in [0.29, 0.717) is 12.1 Å². The zero-order valence-corrected chi connectivity index (χ0v) is 13.7. The molecule has 0 spiro atoms. The Kier molecular flexibility index (Phi) is 5.37. The van der Waals surface area contributed by atoms with Gasteiger partial charge in [-0.15, -0.1) is 0 Å². The lowest BCUT2D eigenvalue weighted by Crippen LogP contribution is -2.23. The van der Waals surface area contributed by atoms with Crippen molar-refractivity contribution in [1.29, 1.82) is 0 Å². The molecule has 25 heavy (non-hydrogen) atoms. The molecule has 0 fully saturated rings. The Bertz CT molecular complexity index is 801. The van der Waals surface area contributed by atoms with Crippen molar-refractivity contribution in [2.45, 2.75) is 12.5 Å². The Balaban J connectivity index is 2.02. The first-order valence-corrected chi connectivity index (χ1v) is 8.19. The summed E-state index contributed by atoms with van der Waals surface area (Å²) in [6.07, 6.45) is 0.360. The van der Waals surface area contributed by atoms with Crippen LogP contribution < -0.4 is 0 Å². The Morgan fingerprint density at radius 1 is 0.760 bits per heavy atom. The molecule has 0 aliphatic carbocycles. The molecule has 0 saturated carbocycles. The van der Waals surface area contributed by atoms with E-state index in [0.717, 1.165) is 16.7 Å². The topological polar surface area (TPSA) is 49.7 Å². The summed E-state index contributed by atoms with van der Waals surface area (Å²) in [5, 5.41) is 9.67. The maximum absolute atomic E-state index is 11.8. The van der Waals surface area contributed by atoms with E-state index in [2.05, 4.69) is 4.99 Å². The summed E-state index contributed by atoms with van der Waals surface area (Å²) in [5.41, 5.74) is 3.48. The molecule has 0 aliphatic heterocycles. The van der Waals surface area contributed by atoms with E-state index in [-0.39, 0.29) is 0 Å². The molecule has 3 rings (SSSR count). The van der Waals surface area contributed by atoms with Crippen LogP contribution in [0.25, 0.3) is 0 Å². The van der Waals surface area contributed by atoms with E-state index >= 15 is 0 Å². The van der Waals surface area contributed by atoms with Crippen LogP contribution in [0.2, 0.25) is 0 Å². The highest BCUT2D eigenvalue weighted by molar-refractivity contribution is 6.13. The molecule has 3 heteroatoms. The first kappa shape index (κ1) is 16.7. The summed E-state index contributed by atoms with van der Waals surface area (Å²) in [6.45, 7) is 0. The van der Waals surface area contributed by atoms with Crippen molar-refractivity contribution in [3.8, 4) is 0 Å². The minimum atomic E-state index is -0.923. The van der Waals surface area contributed by atoms with E-state index in [1.165, 1.54) is 0 Å². The number of carbonyl (C=O) groups is 1. The summed E-state index contributed by atoms with van der Waals surface area (Å²) < 4.78 is 0. The van der Waals surface area contributed by atoms with Crippen LogP contribution in [0.3, 0.4) is 0 Å². The molecule has 3 aromatic carbocycles. The van der Waals surface area contributed by atoms with Gasteiger partial charge in [0.25, 0.3) is 0 Å². The molecule has 0 radical (unpaired) electrons. The highest BCUT2D eigenvalue weighted by Crippen LogP contribution is 2.14. The first-order chi connectivity index (χ1) is 12.2. The molecule has 0 bridgehead atoms. The smallest absolute Gasteiger partial charge is 0.328 e. The van der Waals surface area contributed by atoms with Crippen LogP contribution in [0.15, 0.2) is 96.0 Å². The molecule has 1 atom stereocenters. The van der Waals surface area contributed by atoms with Gasteiger partial charge in [-0.05, 0) is 5.56 Å². The number of aliphatic carboxylic acids is 1. The standard InChI is InChI=1S/C22H19NO2/c24-22(25)20(16-17-10-4-1-5-11-17)23-21(18-12-6-2-7-13-18)19-14-8-3-9-15-19/h1-15,20H,16H2,(H,24,25)/t20-/m1/s1. The Hall–Kier alpha value is -3.20. The lowest BCUT2D eigenvalue weighted by molar-refractivity contribution is -0.138. The molecule has 1 N–H and O–H groups in total. The van der Waals surface area contributed by atoms with Crippen LogP contribution in [-0.2, 0) is 11.2 Å². The van der Waals surface area contributed by atoms with Gasteiger partial charge in [0.05, 0.1) is 5.71 Å². The van der Waals surface area contributed by atoms with Crippen molar-refractivity contribution in [1.82, 2.24) is 0 Å². The van der Waals surface area contributed by atoms with Gasteiger partial charge in [0.15, 0.2) is 6.04 Å². The largest absolute Gasteiger partial charge is 0.480 e. The number of aliphatic imine (C=N–C) groups is 1. The lowest BCUT2D eigenvalue weighted by atomic mass is 10.0. The second kappa shape index (κ2) is 8.06. The Morgan fingerprint density at radius 3 is 1.64 bits per heavy atom. The fourth-order valence-electron chi connectivity index (χ4n) is 2.69. The van der Waals surface area contributed by atoms with Crippen LogP contribution in [0.4, 0.5) is 0 Å². The van der Waals surface area contributed by atoms with E-state index in [9.17, 15) is 9.90 Å². The van der Waals surface area contributed by atoms with Crippen molar-refractivity contribution in [3.63, 3.8) is 0 Å². The second-order valence-corrected chi connectivity index (χ2v) is 5.75. The third-order valence-corrected chi connectivity index (χ3v) is 3.94. The summed E-state index contributed by atoms with van der Waals surface area (Å²) in [6, 6.07) is 28.2. The van der Waals surface area contributed by atoms with Crippen LogP contribution in [0.5, 0.6) is 0 Å². The molecule has 0 heterocycles. The van der Waals surface area contributed by atoms with Gasteiger partial charge in [-0.2, -0.15) is 0 Å². The maximum atomic E-state index is 11.8. The van der Waals surface area contributed by atoms with Crippen LogP contribution in [0.1, 0.15) is 16.7 Å². The van der Waals surface area contributed by atoms with Gasteiger partial charge in [0.2, 0.25) is 0 Å². The van der Waals surface area contributed by atoms with Gasteiger partial charge in [-0.25, -0.2) is 4.79 Å². The molecule has 0 aromatic heterocycles. The van der Waals surface area contributed by atoms with Crippen LogP contribution in [0, 0.1) is 0 Å². The summed E-state index contributed by atoms with van der Waals surface area (Å²) in [5.74, 6) is -0.923. The minimum absolute atomic E-state index is 0.360. The molecular formula is C22H19NO2. The maximum Gasteiger partial charge on any atom is 0.328 e. The fourth-order valence-corrected chi connectivity index (χ4v) is 2.69. The molecule has 124 valence electrons. The zero-order chi connectivity index (χ0) is 17.5. The molecule has 0 unspecified atom stereocenters. The minimum Gasteiger partial charge on any atom is -0.480 e.